The van der Waals surface area contributed by atoms with E-state index in [4.69, 9.17) is 5.73 Å². The fourth-order valence-electron chi connectivity index (χ4n) is 3.29. The predicted molar refractivity (Wildman–Crippen MR) is 101 cm³/mol. The third-order valence-electron chi connectivity index (χ3n) is 4.92. The average Bonchev–Trinajstić information content (AvgIpc) is 3.46. The van der Waals surface area contributed by atoms with Crippen LogP contribution < -0.4 is 11.1 Å². The maximum absolute atomic E-state index is 11.6. The Morgan fingerprint density at radius 1 is 0.960 bits per heavy atom. The molecular weight excluding hydrogens is 308 g/mol. The van der Waals surface area contributed by atoms with Gasteiger partial charge in [-0.05, 0) is 65.4 Å². The normalized spacial score (nSPS) is 15.2. The minimum atomic E-state index is -0.388. The zero-order valence-electron chi connectivity index (χ0n) is 14.1. The van der Waals surface area contributed by atoms with E-state index >= 15 is 0 Å². The van der Waals surface area contributed by atoms with Gasteiger partial charge in [-0.1, -0.05) is 48.5 Å². The van der Waals surface area contributed by atoms with E-state index in [0.29, 0.717) is 5.56 Å². The molecule has 1 saturated carbocycles. The number of nitrogens with two attached hydrogens (primary N) is 1. The van der Waals surface area contributed by atoms with Crippen LogP contribution in [0.5, 0.6) is 0 Å². The highest BCUT2D eigenvalue weighted by Gasteiger charge is 2.23. The molecule has 1 aliphatic rings. The van der Waals surface area contributed by atoms with Crippen LogP contribution in [0.25, 0.3) is 10.8 Å². The first-order valence-electron chi connectivity index (χ1n) is 8.82. The van der Waals surface area contributed by atoms with E-state index in [1.165, 1.54) is 29.2 Å². The lowest BCUT2D eigenvalue weighted by Gasteiger charge is -2.21. The summed E-state index contributed by atoms with van der Waals surface area (Å²) in [5, 5.41) is 6.15. The highest BCUT2D eigenvalue weighted by atomic mass is 16.1. The van der Waals surface area contributed by atoms with E-state index in [0.717, 1.165) is 18.0 Å². The number of amides is 1. The molecule has 1 fully saturated rings. The summed E-state index contributed by atoms with van der Waals surface area (Å²) in [6.07, 6.45) is 2.61. The fourth-order valence-corrected chi connectivity index (χ4v) is 3.29. The Morgan fingerprint density at radius 2 is 1.72 bits per heavy atom. The Kier molecular flexibility index (Phi) is 4.24. The molecule has 1 atom stereocenters. The number of fused-ring (bicyclic) bond motifs is 1. The molecule has 3 N–H and O–H groups in total. The Hall–Kier alpha value is -2.65. The van der Waals surface area contributed by atoms with Crippen LogP contribution in [0.15, 0.2) is 66.7 Å². The van der Waals surface area contributed by atoms with E-state index in [2.05, 4.69) is 53.8 Å². The summed E-state index contributed by atoms with van der Waals surface area (Å²) in [6, 6.07) is 22.6. The number of carbonyl (C=O) groups is 1. The fraction of sp³-hybridized carbons (Fsp3) is 0.227. The summed E-state index contributed by atoms with van der Waals surface area (Å²) in [4.78, 5) is 11.6. The van der Waals surface area contributed by atoms with Crippen molar-refractivity contribution >= 4 is 16.7 Å². The quantitative estimate of drug-likeness (QED) is 0.717. The lowest BCUT2D eigenvalue weighted by molar-refractivity contribution is 0.1000. The topological polar surface area (TPSA) is 55.1 Å². The molecule has 0 aromatic heterocycles. The van der Waals surface area contributed by atoms with Gasteiger partial charge in [0.05, 0.1) is 6.04 Å². The lowest BCUT2D eigenvalue weighted by atomic mass is 9.95. The minimum absolute atomic E-state index is 0.0597. The minimum Gasteiger partial charge on any atom is -0.366 e. The van der Waals surface area contributed by atoms with Gasteiger partial charge in [0.1, 0.15) is 0 Å². The molecule has 1 unspecified atom stereocenters. The highest BCUT2D eigenvalue weighted by molar-refractivity contribution is 5.93. The van der Waals surface area contributed by atoms with Crippen LogP contribution in [-0.4, -0.2) is 12.5 Å². The highest BCUT2D eigenvalue weighted by Crippen LogP contribution is 2.31. The zero-order valence-corrected chi connectivity index (χ0v) is 14.1. The monoisotopic (exact) mass is 330 g/mol. The van der Waals surface area contributed by atoms with Crippen LogP contribution in [-0.2, 0) is 0 Å². The first kappa shape index (κ1) is 15.9. The number of rotatable bonds is 6. The van der Waals surface area contributed by atoms with Gasteiger partial charge in [0.25, 0.3) is 0 Å². The molecule has 1 aliphatic carbocycles. The van der Waals surface area contributed by atoms with Gasteiger partial charge in [0.15, 0.2) is 0 Å². The molecule has 0 bridgehead atoms. The summed E-state index contributed by atoms with van der Waals surface area (Å²) in [5.41, 5.74) is 8.31. The second kappa shape index (κ2) is 6.69. The van der Waals surface area contributed by atoms with E-state index in [9.17, 15) is 4.79 Å². The largest absolute Gasteiger partial charge is 0.366 e. The summed E-state index contributed by atoms with van der Waals surface area (Å²) in [7, 11) is 0. The maximum atomic E-state index is 11.6. The molecular formula is C22H22N2O. The first-order valence-corrected chi connectivity index (χ1v) is 8.82. The lowest BCUT2D eigenvalue weighted by Crippen LogP contribution is -2.25. The number of hydrogen-bond donors (Lipinski definition) is 2. The van der Waals surface area contributed by atoms with Crippen molar-refractivity contribution in [3.8, 4) is 0 Å². The van der Waals surface area contributed by atoms with Gasteiger partial charge in [-0.25, -0.2) is 0 Å². The van der Waals surface area contributed by atoms with Crippen LogP contribution >= 0.6 is 0 Å². The standard InChI is InChI=1S/C22H22N2O/c23-22(25)20-7-3-6-18(13-20)21(24-14-15-8-9-15)19-11-10-16-4-1-2-5-17(16)12-19/h1-7,10-13,15,21,24H,8-9,14H2,(H2,23,25). The van der Waals surface area contributed by atoms with Crippen molar-refractivity contribution in [3.63, 3.8) is 0 Å². The average molecular weight is 330 g/mol. The summed E-state index contributed by atoms with van der Waals surface area (Å²) in [6.45, 7) is 0.998. The summed E-state index contributed by atoms with van der Waals surface area (Å²) in [5.74, 6) is 0.392. The van der Waals surface area contributed by atoms with Crippen molar-refractivity contribution in [1.82, 2.24) is 5.32 Å². The van der Waals surface area contributed by atoms with E-state index in [1.807, 2.05) is 12.1 Å². The van der Waals surface area contributed by atoms with E-state index < -0.39 is 0 Å². The van der Waals surface area contributed by atoms with Crippen molar-refractivity contribution < 1.29 is 4.79 Å². The molecule has 0 heterocycles. The smallest absolute Gasteiger partial charge is 0.248 e. The van der Waals surface area contributed by atoms with Gasteiger partial charge in [-0.2, -0.15) is 0 Å². The molecule has 3 aromatic rings. The van der Waals surface area contributed by atoms with Gasteiger partial charge < -0.3 is 11.1 Å². The molecule has 0 aliphatic heterocycles. The van der Waals surface area contributed by atoms with Crippen molar-refractivity contribution in [2.75, 3.05) is 6.54 Å². The van der Waals surface area contributed by atoms with Crippen molar-refractivity contribution in [2.45, 2.75) is 18.9 Å². The van der Waals surface area contributed by atoms with Crippen LogP contribution in [0, 0.1) is 5.92 Å². The maximum Gasteiger partial charge on any atom is 0.248 e. The Morgan fingerprint density at radius 3 is 2.48 bits per heavy atom. The van der Waals surface area contributed by atoms with E-state index in [-0.39, 0.29) is 11.9 Å². The van der Waals surface area contributed by atoms with Crippen molar-refractivity contribution in [2.24, 2.45) is 11.7 Å². The zero-order chi connectivity index (χ0) is 17.2. The van der Waals surface area contributed by atoms with Crippen molar-refractivity contribution in [1.29, 1.82) is 0 Å². The molecule has 0 radical (unpaired) electrons. The van der Waals surface area contributed by atoms with Crippen LogP contribution in [0.1, 0.15) is 40.4 Å². The molecule has 0 saturated heterocycles. The third kappa shape index (κ3) is 3.57. The molecule has 25 heavy (non-hydrogen) atoms. The SMILES string of the molecule is NC(=O)c1cccc(C(NCC2CC2)c2ccc3ccccc3c2)c1. The number of primary amides is 1. The number of nitrogens with one attached hydrogen (secondary N) is 1. The molecule has 3 heteroatoms. The van der Waals surface area contributed by atoms with Gasteiger partial charge in [-0.3, -0.25) is 4.79 Å². The molecule has 126 valence electrons. The molecule has 4 rings (SSSR count). The second-order valence-corrected chi connectivity index (χ2v) is 6.88. The first-order chi connectivity index (χ1) is 12.2. The van der Waals surface area contributed by atoms with Crippen LogP contribution in [0.4, 0.5) is 0 Å². The van der Waals surface area contributed by atoms with Crippen molar-refractivity contribution in [3.05, 3.63) is 83.4 Å². The molecule has 3 aromatic carbocycles. The molecule has 0 spiro atoms. The van der Waals surface area contributed by atoms with Crippen LogP contribution in [0.3, 0.4) is 0 Å². The molecule has 3 nitrogen and oxygen atoms in total. The number of hydrogen-bond acceptors (Lipinski definition) is 2. The second-order valence-electron chi connectivity index (χ2n) is 6.88. The van der Waals surface area contributed by atoms with Gasteiger partial charge >= 0.3 is 0 Å². The van der Waals surface area contributed by atoms with Gasteiger partial charge in [0.2, 0.25) is 5.91 Å². The van der Waals surface area contributed by atoms with Gasteiger partial charge in [-0.15, -0.1) is 0 Å². The Labute approximate surface area is 147 Å². The van der Waals surface area contributed by atoms with E-state index in [1.54, 1.807) is 6.07 Å². The Balaban J connectivity index is 1.73. The number of carbonyl (C=O) groups excluding carboxylic acids is 1. The molecule has 1 amide bonds. The summed E-state index contributed by atoms with van der Waals surface area (Å²) >= 11 is 0. The summed E-state index contributed by atoms with van der Waals surface area (Å²) < 4.78 is 0. The van der Waals surface area contributed by atoms with Crippen LogP contribution in [0.2, 0.25) is 0 Å². The Bertz CT molecular complexity index is 915. The van der Waals surface area contributed by atoms with Gasteiger partial charge in [0, 0.05) is 5.56 Å². The predicted octanol–water partition coefficient (Wildman–Crippen LogP) is 4.03. The third-order valence-corrected chi connectivity index (χ3v) is 4.92. The number of benzene rings is 3.